The van der Waals surface area contributed by atoms with Crippen LogP contribution in [0.1, 0.15) is 50.7 Å². The molecule has 2 fully saturated rings. The van der Waals surface area contributed by atoms with Gasteiger partial charge < -0.3 is 24.6 Å². The Bertz CT molecular complexity index is 2600. The van der Waals surface area contributed by atoms with E-state index in [0.29, 0.717) is 48.2 Å². The Balaban J connectivity index is 0.000000200. The minimum absolute atomic E-state index is 0.119. The van der Waals surface area contributed by atoms with Crippen molar-refractivity contribution in [3.05, 3.63) is 125 Å². The maximum absolute atomic E-state index is 14.4. The van der Waals surface area contributed by atoms with E-state index in [-0.39, 0.29) is 23.5 Å². The second-order valence-corrected chi connectivity index (χ2v) is 15.8. The zero-order chi connectivity index (χ0) is 41.8. The van der Waals surface area contributed by atoms with Crippen molar-refractivity contribution in [1.29, 1.82) is 0 Å². The number of rotatable bonds is 8. The summed E-state index contributed by atoms with van der Waals surface area (Å²) >= 11 is 6.55. The van der Waals surface area contributed by atoms with E-state index < -0.39 is 0 Å². The summed E-state index contributed by atoms with van der Waals surface area (Å²) in [4.78, 5) is 28.0. The Morgan fingerprint density at radius 3 is 1.72 bits per heavy atom. The van der Waals surface area contributed by atoms with Gasteiger partial charge in [0.1, 0.15) is 11.6 Å². The van der Waals surface area contributed by atoms with Crippen LogP contribution in [0.2, 0.25) is 5.02 Å². The Kier molecular flexibility index (Phi) is 12.4. The highest BCUT2D eigenvalue weighted by atomic mass is 35.5. The van der Waals surface area contributed by atoms with Crippen molar-refractivity contribution in [2.45, 2.75) is 39.5 Å². The molecule has 2 aliphatic heterocycles. The van der Waals surface area contributed by atoms with E-state index in [1.807, 2.05) is 48.7 Å². The molecule has 5 aromatic heterocycles. The molecule has 0 aliphatic carbocycles. The highest BCUT2D eigenvalue weighted by Crippen LogP contribution is 2.42. The van der Waals surface area contributed by atoms with E-state index in [2.05, 4.69) is 63.8 Å². The maximum atomic E-state index is 14.4. The number of hydrogen-bond donors (Lipinski definition) is 1. The number of hydrogen-bond acceptors (Lipinski definition) is 10. The first-order valence-corrected chi connectivity index (χ1v) is 20.7. The number of fused-ring (bicyclic) bond motifs is 2. The summed E-state index contributed by atoms with van der Waals surface area (Å²) in [6.07, 6.45) is 5.42. The second kappa shape index (κ2) is 18.2. The smallest absolute Gasteiger partial charge is 0.152 e. The summed E-state index contributed by atoms with van der Waals surface area (Å²) in [5.41, 5.74) is 8.88. The number of aromatic nitrogens is 5. The molecule has 0 atom stereocenters. The van der Waals surface area contributed by atoms with Gasteiger partial charge in [0.05, 0.1) is 88.5 Å². The fourth-order valence-electron chi connectivity index (χ4n) is 7.78. The van der Waals surface area contributed by atoms with Crippen LogP contribution in [0.3, 0.4) is 0 Å². The topological polar surface area (TPSA) is 101 Å². The standard InChI is InChI=1S/C30H33FN6O2.C17H14ClFN2/c1-20(2)27-28(23-7-6-21(31)17-25(23)34-29(27)24-5-3-4-8-32-24)35-26-18-22(36-9-13-38-14-10-36)19-33-30(26)37-11-15-39-16-12-37;1-10(2)15-16(18)12-7-6-11(19)9-14(12)21-17(15)13-5-3-4-8-20-13/h3-8,17-20H,9-16H2,1-2H3,(H,34,35);3-10H,1-2H3. The number of nitrogens with one attached hydrogen (secondary N) is 1. The Labute approximate surface area is 353 Å². The summed E-state index contributed by atoms with van der Waals surface area (Å²) in [6.45, 7) is 14.3. The molecule has 0 saturated carbocycles. The molecule has 13 heteroatoms. The van der Waals surface area contributed by atoms with Crippen molar-refractivity contribution in [1.82, 2.24) is 24.9 Å². The second-order valence-electron chi connectivity index (χ2n) is 15.4. The van der Waals surface area contributed by atoms with Gasteiger partial charge in [-0.25, -0.2) is 23.7 Å². The third-order valence-electron chi connectivity index (χ3n) is 10.7. The van der Waals surface area contributed by atoms with E-state index >= 15 is 0 Å². The van der Waals surface area contributed by atoms with Crippen LogP contribution >= 0.6 is 11.6 Å². The van der Waals surface area contributed by atoms with Gasteiger partial charge in [0.2, 0.25) is 0 Å². The van der Waals surface area contributed by atoms with Gasteiger partial charge in [-0.15, -0.1) is 0 Å². The van der Waals surface area contributed by atoms with Crippen molar-refractivity contribution >= 4 is 56.3 Å². The minimum atomic E-state index is -0.324. The molecule has 2 aliphatic rings. The van der Waals surface area contributed by atoms with Crippen molar-refractivity contribution in [2.75, 3.05) is 67.7 Å². The first-order chi connectivity index (χ1) is 29.2. The van der Waals surface area contributed by atoms with Gasteiger partial charge in [0.25, 0.3) is 0 Å². The van der Waals surface area contributed by atoms with Crippen molar-refractivity contribution in [3.63, 3.8) is 0 Å². The molecule has 10 nitrogen and oxygen atoms in total. The maximum Gasteiger partial charge on any atom is 0.152 e. The van der Waals surface area contributed by atoms with Crippen LogP contribution < -0.4 is 15.1 Å². The molecule has 9 rings (SSSR count). The number of anilines is 4. The first kappa shape index (κ1) is 40.9. The van der Waals surface area contributed by atoms with Crippen LogP contribution in [0.25, 0.3) is 44.6 Å². The van der Waals surface area contributed by atoms with Gasteiger partial charge in [-0.2, -0.15) is 0 Å². The summed E-state index contributed by atoms with van der Waals surface area (Å²) in [5, 5.41) is 6.02. The van der Waals surface area contributed by atoms with Gasteiger partial charge in [-0.3, -0.25) is 9.97 Å². The lowest BCUT2D eigenvalue weighted by Crippen LogP contribution is -2.38. The Morgan fingerprint density at radius 2 is 1.17 bits per heavy atom. The minimum Gasteiger partial charge on any atom is -0.378 e. The molecule has 0 bridgehead atoms. The predicted octanol–water partition coefficient (Wildman–Crippen LogP) is 10.6. The van der Waals surface area contributed by atoms with Gasteiger partial charge in [-0.05, 0) is 66.4 Å². The monoisotopic (exact) mass is 828 g/mol. The normalized spacial score (nSPS) is 14.5. The number of pyridine rings is 5. The molecule has 0 unspecified atom stereocenters. The average Bonchev–Trinajstić information content (AvgIpc) is 3.27. The lowest BCUT2D eigenvalue weighted by Gasteiger charge is -2.32. The fraction of sp³-hybridized carbons (Fsp3) is 0.298. The predicted molar refractivity (Wildman–Crippen MR) is 237 cm³/mol. The van der Waals surface area contributed by atoms with Gasteiger partial charge >= 0.3 is 0 Å². The van der Waals surface area contributed by atoms with Gasteiger partial charge in [0.15, 0.2) is 5.82 Å². The van der Waals surface area contributed by atoms with E-state index in [0.717, 1.165) is 88.0 Å². The summed E-state index contributed by atoms with van der Waals surface area (Å²) in [6, 6.07) is 22.8. The summed E-state index contributed by atoms with van der Waals surface area (Å²) in [7, 11) is 0. The Morgan fingerprint density at radius 1 is 0.633 bits per heavy atom. The average molecular weight is 829 g/mol. The van der Waals surface area contributed by atoms with Crippen LogP contribution in [0.5, 0.6) is 0 Å². The largest absolute Gasteiger partial charge is 0.378 e. The van der Waals surface area contributed by atoms with Crippen molar-refractivity contribution in [3.8, 4) is 22.8 Å². The molecule has 1 N–H and O–H groups in total. The van der Waals surface area contributed by atoms with Crippen LogP contribution in [0.4, 0.5) is 31.7 Å². The molecule has 7 heterocycles. The van der Waals surface area contributed by atoms with E-state index in [9.17, 15) is 8.78 Å². The molecule has 0 spiro atoms. The molecule has 2 aromatic carbocycles. The molecule has 2 saturated heterocycles. The number of nitrogens with zero attached hydrogens (tertiary/aromatic N) is 7. The quantitative estimate of drug-likeness (QED) is 0.159. The highest BCUT2D eigenvalue weighted by molar-refractivity contribution is 6.36. The fourth-order valence-corrected chi connectivity index (χ4v) is 8.25. The molecule has 0 amide bonds. The van der Waals surface area contributed by atoms with Gasteiger partial charge in [0, 0.05) is 72.6 Å². The number of morpholine rings is 2. The Hall–Kier alpha value is -5.82. The van der Waals surface area contributed by atoms with Crippen LogP contribution in [-0.2, 0) is 9.47 Å². The zero-order valence-electron chi connectivity index (χ0n) is 34.1. The molecule has 308 valence electrons. The molecule has 60 heavy (non-hydrogen) atoms. The molecule has 0 radical (unpaired) electrons. The summed E-state index contributed by atoms with van der Waals surface area (Å²) < 4.78 is 39.1. The van der Waals surface area contributed by atoms with Crippen molar-refractivity contribution in [2.24, 2.45) is 0 Å². The van der Waals surface area contributed by atoms with Gasteiger partial charge in [-0.1, -0.05) is 51.4 Å². The van der Waals surface area contributed by atoms with E-state index in [4.69, 9.17) is 31.0 Å². The SMILES string of the molecule is CC(C)c1c(-c2ccccn2)nc2cc(F)ccc2c1Cl.CC(C)c1c(-c2ccccn2)nc2cc(F)ccc2c1Nc1cc(N2CCOCC2)cnc1N1CCOCC1. The third kappa shape index (κ3) is 8.72. The lowest BCUT2D eigenvalue weighted by atomic mass is 9.94. The van der Waals surface area contributed by atoms with Crippen LogP contribution in [0.15, 0.2) is 97.5 Å². The highest BCUT2D eigenvalue weighted by Gasteiger charge is 2.25. The van der Waals surface area contributed by atoms with E-state index in [1.54, 1.807) is 18.5 Å². The van der Waals surface area contributed by atoms with E-state index in [1.165, 1.54) is 24.3 Å². The zero-order valence-corrected chi connectivity index (χ0v) is 34.9. The van der Waals surface area contributed by atoms with Crippen LogP contribution in [-0.4, -0.2) is 77.5 Å². The molecular weight excluding hydrogens is 782 g/mol. The lowest BCUT2D eigenvalue weighted by molar-refractivity contribution is 0.122. The van der Waals surface area contributed by atoms with Crippen molar-refractivity contribution < 1.29 is 18.3 Å². The number of ether oxygens (including phenoxy) is 2. The number of halogens is 3. The number of benzene rings is 2. The molecule has 7 aromatic rings. The molecular formula is C47H47ClF2N8O2. The van der Waals surface area contributed by atoms with Crippen LogP contribution in [0, 0.1) is 11.6 Å². The third-order valence-corrected chi connectivity index (χ3v) is 11.1. The first-order valence-electron chi connectivity index (χ1n) is 20.3. The summed E-state index contributed by atoms with van der Waals surface area (Å²) in [5.74, 6) is 0.534.